The second-order valence-corrected chi connectivity index (χ2v) is 11.1. The number of para-hydroxylation sites is 2. The summed E-state index contributed by atoms with van der Waals surface area (Å²) in [5.41, 5.74) is 3.13. The molecule has 0 radical (unpaired) electrons. The van der Waals surface area contributed by atoms with E-state index in [-0.39, 0.29) is 30.8 Å². The second kappa shape index (κ2) is 14.2. The average molecular weight is 600 g/mol. The number of methoxy groups -OCH3 is 4. The van der Waals surface area contributed by atoms with E-state index in [1.165, 1.54) is 21.3 Å². The Kier molecular flexibility index (Phi) is 9.94. The molecule has 4 aromatic rings. The summed E-state index contributed by atoms with van der Waals surface area (Å²) in [5, 5.41) is 4.24. The molecule has 2 N–H and O–H groups in total. The monoisotopic (exact) mass is 599 g/mol. The topological polar surface area (TPSA) is 102 Å². The Morgan fingerprint density at radius 2 is 1.50 bits per heavy atom. The van der Waals surface area contributed by atoms with Crippen LogP contribution in [0.25, 0.3) is 10.9 Å². The number of hydrogen-bond donors (Lipinski definition) is 2. The van der Waals surface area contributed by atoms with Crippen molar-refractivity contribution in [2.24, 2.45) is 0 Å². The van der Waals surface area contributed by atoms with Gasteiger partial charge in [0.05, 0.1) is 41.4 Å². The highest BCUT2D eigenvalue weighted by Gasteiger charge is 2.35. The lowest BCUT2D eigenvalue weighted by atomic mass is 9.94. The highest BCUT2D eigenvalue weighted by molar-refractivity contribution is 5.93. The van der Waals surface area contributed by atoms with Crippen LogP contribution in [0.3, 0.4) is 0 Å². The zero-order valence-electron chi connectivity index (χ0n) is 25.9. The largest absolute Gasteiger partial charge is 0.496 e. The van der Waals surface area contributed by atoms with E-state index in [0.29, 0.717) is 28.6 Å². The molecule has 44 heavy (non-hydrogen) atoms. The van der Waals surface area contributed by atoms with Crippen LogP contribution >= 0.6 is 0 Å². The number of carbonyl (C=O) groups excluding carboxylic acids is 2. The molecular weight excluding hydrogens is 558 g/mol. The number of benzene rings is 3. The van der Waals surface area contributed by atoms with E-state index >= 15 is 0 Å². The Balaban J connectivity index is 1.63. The summed E-state index contributed by atoms with van der Waals surface area (Å²) in [6.07, 6.45) is 7.05. The quantitative estimate of drug-likeness (QED) is 0.208. The van der Waals surface area contributed by atoms with Crippen molar-refractivity contribution in [1.29, 1.82) is 0 Å². The van der Waals surface area contributed by atoms with Crippen LogP contribution in [0.2, 0.25) is 0 Å². The fourth-order valence-electron chi connectivity index (χ4n) is 6.14. The maximum Gasteiger partial charge on any atom is 0.247 e. The van der Waals surface area contributed by atoms with Crippen molar-refractivity contribution in [2.75, 3.05) is 28.4 Å². The number of H-pyrrole nitrogens is 1. The van der Waals surface area contributed by atoms with Gasteiger partial charge in [-0.1, -0.05) is 55.7 Å². The summed E-state index contributed by atoms with van der Waals surface area (Å²) < 4.78 is 22.6. The summed E-state index contributed by atoms with van der Waals surface area (Å²) in [6, 6.07) is 18.0. The number of rotatable bonds is 12. The predicted molar refractivity (Wildman–Crippen MR) is 169 cm³/mol. The Morgan fingerprint density at radius 1 is 0.841 bits per heavy atom. The first-order valence-electron chi connectivity index (χ1n) is 15.0. The first-order valence-corrected chi connectivity index (χ1v) is 15.0. The average Bonchev–Trinajstić information content (AvgIpc) is 3.46. The fourth-order valence-corrected chi connectivity index (χ4v) is 6.14. The van der Waals surface area contributed by atoms with E-state index in [0.717, 1.165) is 54.1 Å². The molecule has 1 fully saturated rings. The summed E-state index contributed by atoms with van der Waals surface area (Å²) in [6.45, 7) is 0.143. The summed E-state index contributed by atoms with van der Waals surface area (Å²) in [5.74, 6) is 1.38. The van der Waals surface area contributed by atoms with Gasteiger partial charge in [0.1, 0.15) is 11.8 Å². The van der Waals surface area contributed by atoms with Crippen LogP contribution in [-0.2, 0) is 22.6 Å². The smallest absolute Gasteiger partial charge is 0.247 e. The van der Waals surface area contributed by atoms with Crippen LogP contribution in [-0.4, -0.2) is 56.2 Å². The third kappa shape index (κ3) is 6.61. The Bertz CT molecular complexity index is 1570. The van der Waals surface area contributed by atoms with Crippen LogP contribution < -0.4 is 24.3 Å². The van der Waals surface area contributed by atoms with Gasteiger partial charge in [0, 0.05) is 28.7 Å². The van der Waals surface area contributed by atoms with Crippen molar-refractivity contribution >= 4 is 22.7 Å². The molecule has 5 rings (SSSR count). The number of nitrogens with one attached hydrogen (secondary N) is 2. The molecule has 232 valence electrons. The van der Waals surface area contributed by atoms with Gasteiger partial charge in [-0.25, -0.2) is 0 Å². The normalized spacial score (nSPS) is 14.1. The number of hydrogen-bond acceptors (Lipinski definition) is 6. The van der Waals surface area contributed by atoms with E-state index in [1.807, 2.05) is 54.7 Å². The van der Waals surface area contributed by atoms with Gasteiger partial charge in [-0.05, 0) is 48.2 Å². The third-order valence-corrected chi connectivity index (χ3v) is 8.38. The molecule has 3 aromatic carbocycles. The van der Waals surface area contributed by atoms with Gasteiger partial charge in [-0.15, -0.1) is 0 Å². The number of fused-ring (bicyclic) bond motifs is 1. The maximum absolute atomic E-state index is 14.5. The van der Waals surface area contributed by atoms with E-state index in [1.54, 1.807) is 24.1 Å². The molecule has 1 aromatic heterocycles. The molecule has 0 unspecified atom stereocenters. The molecule has 2 amide bonds. The van der Waals surface area contributed by atoms with E-state index in [9.17, 15) is 9.59 Å². The minimum Gasteiger partial charge on any atom is -0.496 e. The van der Waals surface area contributed by atoms with E-state index in [4.69, 9.17) is 18.9 Å². The highest BCUT2D eigenvalue weighted by atomic mass is 16.5. The number of carbonyl (C=O) groups is 2. The lowest BCUT2D eigenvalue weighted by Gasteiger charge is -2.34. The van der Waals surface area contributed by atoms with Gasteiger partial charge >= 0.3 is 0 Å². The maximum atomic E-state index is 14.5. The number of ether oxygens (including phenoxy) is 4. The summed E-state index contributed by atoms with van der Waals surface area (Å²) >= 11 is 0. The first-order chi connectivity index (χ1) is 21.5. The Labute approximate surface area is 258 Å². The molecule has 9 nitrogen and oxygen atoms in total. The van der Waals surface area contributed by atoms with Gasteiger partial charge in [0.15, 0.2) is 11.5 Å². The molecule has 0 aliphatic heterocycles. The minimum atomic E-state index is -0.992. The third-order valence-electron chi connectivity index (χ3n) is 8.38. The molecule has 0 bridgehead atoms. The first kappa shape index (κ1) is 30.8. The number of amides is 2. The van der Waals surface area contributed by atoms with Crippen LogP contribution in [0.5, 0.6) is 23.0 Å². The van der Waals surface area contributed by atoms with Crippen molar-refractivity contribution < 1.29 is 28.5 Å². The van der Waals surface area contributed by atoms with Crippen LogP contribution in [0, 0.1) is 0 Å². The zero-order valence-corrected chi connectivity index (χ0v) is 25.9. The van der Waals surface area contributed by atoms with Crippen molar-refractivity contribution in [1.82, 2.24) is 15.2 Å². The molecule has 1 aliphatic rings. The SMILES string of the molecule is COc1ccccc1CN(C(=O)Cc1c[nH]c2ccccc12)[C@@H](C(=O)NC1CCCCC1)c1cc(OC)c(OC)c(OC)c1. The molecule has 0 spiro atoms. The van der Waals surface area contributed by atoms with E-state index in [2.05, 4.69) is 10.3 Å². The molecule has 1 heterocycles. The van der Waals surface area contributed by atoms with Gasteiger partial charge in [0.25, 0.3) is 0 Å². The predicted octanol–water partition coefficient (Wildman–Crippen LogP) is 5.96. The highest BCUT2D eigenvalue weighted by Crippen LogP contribution is 2.41. The van der Waals surface area contributed by atoms with Crippen molar-refractivity contribution in [3.05, 3.63) is 83.6 Å². The summed E-state index contributed by atoms with van der Waals surface area (Å²) in [7, 11) is 6.20. The molecule has 1 aliphatic carbocycles. The Morgan fingerprint density at radius 3 is 2.18 bits per heavy atom. The van der Waals surface area contributed by atoms with Crippen molar-refractivity contribution in [2.45, 2.75) is 57.2 Å². The van der Waals surface area contributed by atoms with Crippen LogP contribution in [0.4, 0.5) is 0 Å². The van der Waals surface area contributed by atoms with Gasteiger partial charge < -0.3 is 34.1 Å². The standard InChI is InChI=1S/C35H41N3O6/c1-41-29-17-11-8-12-23(29)22-38(32(39)20-25-21-36-28-16-10-9-15-27(25)28)33(35(40)37-26-13-6-5-7-14-26)24-18-30(42-2)34(44-4)31(19-24)43-3/h8-12,15-19,21,26,33,36H,5-7,13-14,20,22H2,1-4H3,(H,37,40)/t33-/m1/s1. The number of nitrogens with zero attached hydrogens (tertiary/aromatic N) is 1. The molecular formula is C35H41N3O6. The molecule has 1 saturated carbocycles. The number of aromatic nitrogens is 1. The van der Waals surface area contributed by atoms with Crippen molar-refractivity contribution in [3.8, 4) is 23.0 Å². The zero-order chi connectivity index (χ0) is 31.1. The van der Waals surface area contributed by atoms with E-state index < -0.39 is 6.04 Å². The molecule has 9 heteroatoms. The van der Waals surface area contributed by atoms with Crippen LogP contribution in [0.1, 0.15) is 54.8 Å². The van der Waals surface area contributed by atoms with Gasteiger partial charge in [-0.3, -0.25) is 9.59 Å². The lowest BCUT2D eigenvalue weighted by Crippen LogP contribution is -2.47. The van der Waals surface area contributed by atoms with Crippen molar-refractivity contribution in [3.63, 3.8) is 0 Å². The Hall–Kier alpha value is -4.66. The fraction of sp³-hybridized carbons (Fsp3) is 0.371. The number of aromatic amines is 1. The van der Waals surface area contributed by atoms with Gasteiger partial charge in [-0.2, -0.15) is 0 Å². The lowest BCUT2D eigenvalue weighted by molar-refractivity contribution is -0.141. The second-order valence-electron chi connectivity index (χ2n) is 11.1. The van der Waals surface area contributed by atoms with Gasteiger partial charge in [0.2, 0.25) is 17.6 Å². The molecule has 1 atom stereocenters. The summed E-state index contributed by atoms with van der Waals surface area (Å²) in [4.78, 5) is 33.8. The van der Waals surface area contributed by atoms with Crippen LogP contribution in [0.15, 0.2) is 66.9 Å². The minimum absolute atomic E-state index is 0.0395. The molecule has 0 saturated heterocycles.